The molecule has 3 heterocycles. The number of nitrogens with two attached hydrogens (primary N) is 2. The van der Waals surface area contributed by atoms with Crippen molar-refractivity contribution in [1.82, 2.24) is 25.3 Å². The van der Waals surface area contributed by atoms with Gasteiger partial charge >= 0.3 is 18.2 Å². The van der Waals surface area contributed by atoms with Crippen molar-refractivity contribution in [3.63, 3.8) is 0 Å². The molecule has 56 heavy (non-hydrogen) atoms. The molecule has 0 bridgehead atoms. The molecule has 0 aromatic heterocycles. The number of urea groups is 1. The fraction of sp³-hybridized carbons (Fsp3) is 0.463. The maximum absolute atomic E-state index is 13.4. The van der Waals surface area contributed by atoms with Crippen molar-refractivity contribution in [3.05, 3.63) is 101 Å². The SMILES string of the molecule is NCc1cccc(CNC(=O)N2CCN(C(=O)OC[C@H]3CCO[C@@H](OC(=O)N4CCC(C(=O)NCc5ccc(N)cc5)CC4)C3OCc3ccccc3)CC2)c1. The van der Waals surface area contributed by atoms with Crippen LogP contribution in [0.4, 0.5) is 20.1 Å². The zero-order chi connectivity index (χ0) is 39.3. The van der Waals surface area contributed by atoms with Crippen LogP contribution in [0.2, 0.25) is 0 Å². The summed E-state index contributed by atoms with van der Waals surface area (Å²) < 4.78 is 24.0. The predicted octanol–water partition coefficient (Wildman–Crippen LogP) is 3.80. The van der Waals surface area contributed by atoms with Crippen LogP contribution in [0, 0.1) is 11.8 Å². The highest BCUT2D eigenvalue weighted by Crippen LogP contribution is 2.28. The Morgan fingerprint density at radius 2 is 1.38 bits per heavy atom. The first-order valence-electron chi connectivity index (χ1n) is 19.3. The number of rotatable bonds is 12. The lowest BCUT2D eigenvalue weighted by atomic mass is 9.96. The number of hydrogen-bond donors (Lipinski definition) is 4. The van der Waals surface area contributed by atoms with E-state index in [1.54, 1.807) is 26.8 Å². The van der Waals surface area contributed by atoms with E-state index in [0.717, 1.165) is 22.3 Å². The lowest BCUT2D eigenvalue weighted by Gasteiger charge is -2.39. The van der Waals surface area contributed by atoms with Crippen LogP contribution in [0.3, 0.4) is 0 Å². The molecule has 6 rings (SSSR count). The van der Waals surface area contributed by atoms with Crippen LogP contribution in [-0.4, -0.2) is 104 Å². The molecule has 15 nitrogen and oxygen atoms in total. The van der Waals surface area contributed by atoms with Gasteiger partial charge in [0.05, 0.1) is 19.8 Å². The Kier molecular flexibility index (Phi) is 14.4. The minimum atomic E-state index is -1.02. The average Bonchev–Trinajstić information content (AvgIpc) is 3.24. The first-order chi connectivity index (χ1) is 27.2. The maximum Gasteiger partial charge on any atom is 0.412 e. The van der Waals surface area contributed by atoms with E-state index in [1.165, 1.54) is 0 Å². The van der Waals surface area contributed by atoms with E-state index in [-0.39, 0.29) is 43.6 Å². The Balaban J connectivity index is 0.972. The number of likely N-dealkylation sites (tertiary alicyclic amines) is 1. The standard InChI is InChI=1S/C41H53N7O8/c42-24-31-7-4-8-32(23-31)26-45-39(50)46-18-20-48(21-19-46)40(51)55-28-34-15-22-53-38(36(34)54-27-30-5-2-1-3-6-30)56-41(52)47-16-13-33(14-17-47)37(49)44-25-29-9-11-35(43)12-10-29/h1-12,23,33-34,36,38H,13-22,24-28,42-43H2,(H,44,49)(H,45,50)/t34-,36?,38+/m1/s1. The van der Waals surface area contributed by atoms with Gasteiger partial charge in [-0.15, -0.1) is 0 Å². The molecule has 3 fully saturated rings. The third-order valence-corrected chi connectivity index (χ3v) is 10.5. The van der Waals surface area contributed by atoms with E-state index < -0.39 is 24.6 Å². The van der Waals surface area contributed by atoms with Gasteiger partial charge in [-0.1, -0.05) is 66.7 Å². The van der Waals surface area contributed by atoms with Crippen molar-refractivity contribution in [2.24, 2.45) is 17.6 Å². The van der Waals surface area contributed by atoms with Gasteiger partial charge in [0, 0.05) is 76.4 Å². The summed E-state index contributed by atoms with van der Waals surface area (Å²) in [7, 11) is 0. The van der Waals surface area contributed by atoms with E-state index in [9.17, 15) is 19.2 Å². The number of benzene rings is 3. The number of carbonyl (C=O) groups is 4. The van der Waals surface area contributed by atoms with Crippen LogP contribution >= 0.6 is 0 Å². The second-order valence-corrected chi connectivity index (χ2v) is 14.4. The first-order valence-corrected chi connectivity index (χ1v) is 19.3. The molecule has 3 aromatic rings. The number of piperazine rings is 1. The maximum atomic E-state index is 13.4. The molecule has 3 aliphatic heterocycles. The number of anilines is 1. The number of amides is 5. The van der Waals surface area contributed by atoms with E-state index in [1.807, 2.05) is 66.7 Å². The molecule has 0 radical (unpaired) electrons. The molecule has 6 N–H and O–H groups in total. The van der Waals surface area contributed by atoms with Gasteiger partial charge in [-0.3, -0.25) is 4.79 Å². The largest absolute Gasteiger partial charge is 0.449 e. The van der Waals surface area contributed by atoms with Gasteiger partial charge in [-0.05, 0) is 53.6 Å². The zero-order valence-electron chi connectivity index (χ0n) is 31.7. The van der Waals surface area contributed by atoms with Crippen molar-refractivity contribution < 1.29 is 38.1 Å². The lowest BCUT2D eigenvalue weighted by molar-refractivity contribution is -0.231. The summed E-state index contributed by atoms with van der Waals surface area (Å²) in [6.45, 7) is 3.90. The monoisotopic (exact) mass is 771 g/mol. The van der Waals surface area contributed by atoms with Gasteiger partial charge in [0.2, 0.25) is 12.2 Å². The summed E-state index contributed by atoms with van der Waals surface area (Å²) in [4.78, 5) is 57.2. The summed E-state index contributed by atoms with van der Waals surface area (Å²) in [6.07, 6.45) is -1.22. The van der Waals surface area contributed by atoms with Gasteiger partial charge in [0.25, 0.3) is 0 Å². The molecule has 5 amide bonds. The average molecular weight is 772 g/mol. The molecule has 0 saturated carbocycles. The second kappa shape index (κ2) is 20.0. The highest BCUT2D eigenvalue weighted by atomic mass is 16.7. The number of ether oxygens (including phenoxy) is 4. The van der Waals surface area contributed by atoms with Gasteiger partial charge < -0.3 is 55.7 Å². The quantitative estimate of drug-likeness (QED) is 0.197. The van der Waals surface area contributed by atoms with Gasteiger partial charge in [-0.25, -0.2) is 14.4 Å². The molecule has 0 spiro atoms. The summed E-state index contributed by atoms with van der Waals surface area (Å²) in [5.74, 6) is -0.579. The molecule has 0 aliphatic carbocycles. The van der Waals surface area contributed by atoms with E-state index in [2.05, 4.69) is 10.6 Å². The van der Waals surface area contributed by atoms with E-state index in [4.69, 9.17) is 30.4 Å². The van der Waals surface area contributed by atoms with E-state index in [0.29, 0.717) is 83.9 Å². The van der Waals surface area contributed by atoms with Crippen LogP contribution < -0.4 is 22.1 Å². The molecular formula is C41H53N7O8. The number of nitrogens with one attached hydrogen (secondary N) is 2. The predicted molar refractivity (Wildman–Crippen MR) is 207 cm³/mol. The summed E-state index contributed by atoms with van der Waals surface area (Å²) in [6, 6.07) is 24.6. The second-order valence-electron chi connectivity index (χ2n) is 14.4. The van der Waals surface area contributed by atoms with Crippen LogP contribution in [0.1, 0.15) is 41.5 Å². The molecule has 1 unspecified atom stereocenters. The molecule has 3 aliphatic rings. The third kappa shape index (κ3) is 11.3. The van der Waals surface area contributed by atoms with Crippen LogP contribution in [0.15, 0.2) is 78.9 Å². The van der Waals surface area contributed by atoms with Gasteiger partial charge in [0.1, 0.15) is 6.10 Å². The highest BCUT2D eigenvalue weighted by Gasteiger charge is 2.40. The number of hydrogen-bond acceptors (Lipinski definition) is 10. The Hall–Kier alpha value is -5.38. The summed E-state index contributed by atoms with van der Waals surface area (Å²) >= 11 is 0. The lowest BCUT2D eigenvalue weighted by Crippen LogP contribution is -2.53. The van der Waals surface area contributed by atoms with Crippen molar-refractivity contribution in [3.8, 4) is 0 Å². The van der Waals surface area contributed by atoms with E-state index >= 15 is 0 Å². The van der Waals surface area contributed by atoms with Gasteiger partial charge in [-0.2, -0.15) is 0 Å². The topological polar surface area (TPSA) is 191 Å². The third-order valence-electron chi connectivity index (χ3n) is 10.5. The minimum Gasteiger partial charge on any atom is -0.449 e. The Bertz CT molecular complexity index is 1750. The minimum absolute atomic E-state index is 0.0368. The van der Waals surface area contributed by atoms with Gasteiger partial charge in [0.15, 0.2) is 0 Å². The number of nitrogen functional groups attached to an aromatic ring is 1. The first kappa shape index (κ1) is 40.3. The van der Waals surface area contributed by atoms with Crippen LogP contribution in [-0.2, 0) is 50.0 Å². The number of piperidine rings is 1. The molecule has 3 saturated heterocycles. The Morgan fingerprint density at radius 1 is 0.714 bits per heavy atom. The fourth-order valence-corrected chi connectivity index (χ4v) is 7.06. The molecular weight excluding hydrogens is 718 g/mol. The molecule has 300 valence electrons. The summed E-state index contributed by atoms with van der Waals surface area (Å²) in [5.41, 5.74) is 16.0. The summed E-state index contributed by atoms with van der Waals surface area (Å²) in [5, 5.41) is 5.93. The highest BCUT2D eigenvalue weighted by molar-refractivity contribution is 5.79. The number of carbonyl (C=O) groups excluding carboxylic acids is 4. The van der Waals surface area contributed by atoms with Crippen LogP contribution in [0.5, 0.6) is 0 Å². The molecule has 15 heteroatoms. The van der Waals surface area contributed by atoms with Crippen molar-refractivity contribution >= 4 is 29.8 Å². The molecule has 3 aromatic carbocycles. The Morgan fingerprint density at radius 3 is 2.11 bits per heavy atom. The Labute approximate surface area is 327 Å². The fourth-order valence-electron chi connectivity index (χ4n) is 7.06. The zero-order valence-corrected chi connectivity index (χ0v) is 31.7. The van der Waals surface area contributed by atoms with Crippen molar-refractivity contribution in [2.75, 3.05) is 58.2 Å². The van der Waals surface area contributed by atoms with Crippen molar-refractivity contribution in [1.29, 1.82) is 0 Å². The van der Waals surface area contributed by atoms with Crippen molar-refractivity contribution in [2.45, 2.75) is 57.9 Å². The number of nitrogens with zero attached hydrogens (tertiary/aromatic N) is 3. The smallest absolute Gasteiger partial charge is 0.412 e. The van der Waals surface area contributed by atoms with Crippen LogP contribution in [0.25, 0.3) is 0 Å². The normalized spacial score (nSPS) is 20.2. The molecule has 3 atom stereocenters.